The zero-order valence-electron chi connectivity index (χ0n) is 11.0. The quantitative estimate of drug-likeness (QED) is 0.659. The molecule has 1 heterocycles. The van der Waals surface area contributed by atoms with Gasteiger partial charge in [-0.3, -0.25) is 0 Å². The van der Waals surface area contributed by atoms with Gasteiger partial charge in [0.1, 0.15) is 0 Å². The number of nitrogens with zero attached hydrogens (tertiary/aromatic N) is 1. The number of carbonyl (C=O) groups is 1. The van der Waals surface area contributed by atoms with E-state index in [2.05, 4.69) is 11.8 Å². The van der Waals surface area contributed by atoms with E-state index in [1.54, 1.807) is 12.1 Å². The first-order valence-electron chi connectivity index (χ1n) is 6.42. The SMILES string of the molecule is CCC1CCCN1c1c(N)cccc1C(=O)OC. The van der Waals surface area contributed by atoms with Gasteiger partial charge in [-0.2, -0.15) is 0 Å². The van der Waals surface area contributed by atoms with Gasteiger partial charge in [0.2, 0.25) is 0 Å². The van der Waals surface area contributed by atoms with Crippen LogP contribution < -0.4 is 10.6 Å². The Morgan fingerprint density at radius 3 is 3.00 bits per heavy atom. The Bertz CT molecular complexity index is 445. The van der Waals surface area contributed by atoms with Crippen LogP contribution in [0.15, 0.2) is 18.2 Å². The first kappa shape index (κ1) is 12.7. The van der Waals surface area contributed by atoms with Crippen molar-refractivity contribution >= 4 is 17.3 Å². The number of methoxy groups -OCH3 is 1. The summed E-state index contributed by atoms with van der Waals surface area (Å²) < 4.78 is 4.84. The third kappa shape index (κ3) is 2.15. The van der Waals surface area contributed by atoms with Gasteiger partial charge in [-0.15, -0.1) is 0 Å². The molecule has 4 heteroatoms. The zero-order valence-corrected chi connectivity index (χ0v) is 11.0. The van der Waals surface area contributed by atoms with Crippen molar-refractivity contribution in [1.29, 1.82) is 0 Å². The van der Waals surface area contributed by atoms with Crippen LogP contribution in [0.1, 0.15) is 36.5 Å². The van der Waals surface area contributed by atoms with Gasteiger partial charge in [0.25, 0.3) is 0 Å². The molecule has 1 aliphatic heterocycles. The number of nitrogen functional groups attached to an aromatic ring is 1. The molecule has 1 aromatic carbocycles. The molecule has 0 bridgehead atoms. The van der Waals surface area contributed by atoms with Crippen LogP contribution in [-0.2, 0) is 4.74 Å². The maximum Gasteiger partial charge on any atom is 0.340 e. The number of ether oxygens (including phenoxy) is 1. The predicted molar refractivity (Wildman–Crippen MR) is 72.9 cm³/mol. The molecule has 98 valence electrons. The summed E-state index contributed by atoms with van der Waals surface area (Å²) in [4.78, 5) is 14.1. The van der Waals surface area contributed by atoms with Crippen LogP contribution in [0.5, 0.6) is 0 Å². The lowest BCUT2D eigenvalue weighted by atomic mass is 10.1. The fourth-order valence-corrected chi connectivity index (χ4v) is 2.71. The van der Waals surface area contributed by atoms with E-state index in [9.17, 15) is 4.79 Å². The number of hydrogen-bond acceptors (Lipinski definition) is 4. The lowest BCUT2D eigenvalue weighted by molar-refractivity contribution is 0.0601. The largest absolute Gasteiger partial charge is 0.465 e. The molecular formula is C14H20N2O2. The second-order valence-electron chi connectivity index (χ2n) is 4.63. The molecule has 0 aliphatic carbocycles. The Kier molecular flexibility index (Phi) is 3.75. The van der Waals surface area contributed by atoms with Crippen LogP contribution in [0.25, 0.3) is 0 Å². The minimum atomic E-state index is -0.320. The summed E-state index contributed by atoms with van der Waals surface area (Å²) in [6, 6.07) is 5.88. The van der Waals surface area contributed by atoms with E-state index in [4.69, 9.17) is 10.5 Å². The summed E-state index contributed by atoms with van der Waals surface area (Å²) >= 11 is 0. The van der Waals surface area contributed by atoms with Gasteiger partial charge in [0.05, 0.1) is 24.0 Å². The Morgan fingerprint density at radius 1 is 1.56 bits per heavy atom. The third-order valence-corrected chi connectivity index (χ3v) is 3.61. The van der Waals surface area contributed by atoms with Crippen molar-refractivity contribution in [3.05, 3.63) is 23.8 Å². The summed E-state index contributed by atoms with van der Waals surface area (Å²) in [5.74, 6) is -0.320. The monoisotopic (exact) mass is 248 g/mol. The van der Waals surface area contributed by atoms with Gasteiger partial charge >= 0.3 is 5.97 Å². The van der Waals surface area contributed by atoms with Crippen LogP contribution >= 0.6 is 0 Å². The van der Waals surface area contributed by atoms with Crippen LogP contribution in [-0.4, -0.2) is 25.7 Å². The van der Waals surface area contributed by atoms with Gasteiger partial charge in [-0.05, 0) is 31.4 Å². The maximum atomic E-state index is 11.8. The summed E-state index contributed by atoms with van der Waals surface area (Å²) in [6.45, 7) is 3.12. The van der Waals surface area contributed by atoms with E-state index in [0.717, 1.165) is 31.5 Å². The van der Waals surface area contributed by atoms with Gasteiger partial charge < -0.3 is 15.4 Å². The standard InChI is InChI=1S/C14H20N2O2/c1-3-10-6-5-9-16(10)13-11(14(17)18-2)7-4-8-12(13)15/h4,7-8,10H,3,5-6,9,15H2,1-2H3. The van der Waals surface area contributed by atoms with E-state index in [1.165, 1.54) is 7.11 Å². The average molecular weight is 248 g/mol. The number of para-hydroxylation sites is 1. The third-order valence-electron chi connectivity index (χ3n) is 3.61. The summed E-state index contributed by atoms with van der Waals surface area (Å²) in [6.07, 6.45) is 3.37. The molecule has 4 nitrogen and oxygen atoms in total. The lowest BCUT2D eigenvalue weighted by Gasteiger charge is -2.28. The van der Waals surface area contributed by atoms with Crippen molar-refractivity contribution in [3.8, 4) is 0 Å². The molecule has 1 saturated heterocycles. The summed E-state index contributed by atoms with van der Waals surface area (Å²) in [5, 5.41) is 0. The summed E-state index contributed by atoms with van der Waals surface area (Å²) in [5.41, 5.74) is 8.12. The highest BCUT2D eigenvalue weighted by atomic mass is 16.5. The molecule has 0 spiro atoms. The van der Waals surface area contributed by atoms with Crippen LogP contribution in [0, 0.1) is 0 Å². The molecule has 2 rings (SSSR count). The highest BCUT2D eigenvalue weighted by molar-refractivity contribution is 5.99. The molecule has 2 N–H and O–H groups in total. The zero-order chi connectivity index (χ0) is 13.1. The second kappa shape index (κ2) is 5.29. The molecule has 1 aliphatic rings. The number of esters is 1. The Hall–Kier alpha value is -1.71. The molecule has 1 fully saturated rings. The van der Waals surface area contributed by atoms with Crippen LogP contribution in [0.2, 0.25) is 0 Å². The van der Waals surface area contributed by atoms with Crippen molar-refractivity contribution in [1.82, 2.24) is 0 Å². The average Bonchev–Trinajstić information content (AvgIpc) is 2.85. The number of anilines is 2. The fraction of sp³-hybridized carbons (Fsp3) is 0.500. The van der Waals surface area contributed by atoms with Crippen molar-refractivity contribution in [2.24, 2.45) is 0 Å². The Labute approximate surface area is 108 Å². The highest BCUT2D eigenvalue weighted by Crippen LogP contribution is 2.35. The number of hydrogen-bond donors (Lipinski definition) is 1. The minimum Gasteiger partial charge on any atom is -0.465 e. The molecule has 0 radical (unpaired) electrons. The van der Waals surface area contributed by atoms with Crippen LogP contribution in [0.4, 0.5) is 11.4 Å². The van der Waals surface area contributed by atoms with Gasteiger partial charge in [0.15, 0.2) is 0 Å². The normalized spacial score (nSPS) is 19.0. The van der Waals surface area contributed by atoms with Gasteiger partial charge in [-0.1, -0.05) is 13.0 Å². The number of benzene rings is 1. The first-order chi connectivity index (χ1) is 8.69. The van der Waals surface area contributed by atoms with Crippen molar-refractivity contribution in [2.45, 2.75) is 32.2 Å². The van der Waals surface area contributed by atoms with E-state index >= 15 is 0 Å². The number of carbonyl (C=O) groups excluding carboxylic acids is 1. The summed E-state index contributed by atoms with van der Waals surface area (Å²) in [7, 11) is 1.40. The van der Waals surface area contributed by atoms with Crippen molar-refractivity contribution in [3.63, 3.8) is 0 Å². The van der Waals surface area contributed by atoms with E-state index in [-0.39, 0.29) is 5.97 Å². The second-order valence-corrected chi connectivity index (χ2v) is 4.63. The number of nitrogens with two attached hydrogens (primary N) is 1. The molecule has 0 saturated carbocycles. The van der Waals surface area contributed by atoms with Gasteiger partial charge in [-0.25, -0.2) is 4.79 Å². The van der Waals surface area contributed by atoms with Crippen molar-refractivity contribution in [2.75, 3.05) is 24.3 Å². The van der Waals surface area contributed by atoms with Crippen molar-refractivity contribution < 1.29 is 9.53 Å². The molecule has 1 unspecified atom stereocenters. The topological polar surface area (TPSA) is 55.6 Å². The molecule has 0 amide bonds. The van der Waals surface area contributed by atoms with E-state index < -0.39 is 0 Å². The lowest BCUT2D eigenvalue weighted by Crippen LogP contribution is -2.31. The molecule has 18 heavy (non-hydrogen) atoms. The van der Waals surface area contributed by atoms with E-state index in [1.807, 2.05) is 6.07 Å². The Balaban J connectivity index is 2.45. The highest BCUT2D eigenvalue weighted by Gasteiger charge is 2.28. The molecule has 0 aromatic heterocycles. The number of rotatable bonds is 3. The predicted octanol–water partition coefficient (Wildman–Crippen LogP) is 2.43. The maximum absolute atomic E-state index is 11.8. The smallest absolute Gasteiger partial charge is 0.340 e. The molecular weight excluding hydrogens is 228 g/mol. The first-order valence-corrected chi connectivity index (χ1v) is 6.42. The molecule has 1 aromatic rings. The van der Waals surface area contributed by atoms with E-state index in [0.29, 0.717) is 17.3 Å². The minimum absolute atomic E-state index is 0.320. The molecule has 1 atom stereocenters. The van der Waals surface area contributed by atoms with Crippen LogP contribution in [0.3, 0.4) is 0 Å². The fourth-order valence-electron chi connectivity index (χ4n) is 2.71. The van der Waals surface area contributed by atoms with Gasteiger partial charge in [0, 0.05) is 12.6 Å². The Morgan fingerprint density at radius 2 is 2.33 bits per heavy atom.